The summed E-state index contributed by atoms with van der Waals surface area (Å²) in [6, 6.07) is 0. The predicted molar refractivity (Wildman–Crippen MR) is 198 cm³/mol. The number of carboxylic acid groups (broad SMARTS) is 1. The predicted octanol–water partition coefficient (Wildman–Crippen LogP) is 7.80. The minimum atomic E-state index is -0.781. The van der Waals surface area contributed by atoms with Gasteiger partial charge in [-0.05, 0) is 103 Å². The van der Waals surface area contributed by atoms with Crippen molar-refractivity contribution in [2.45, 2.75) is 182 Å². The van der Waals surface area contributed by atoms with Crippen molar-refractivity contribution in [3.05, 3.63) is 24.0 Å². The Bertz CT molecular complexity index is 1120. The molecule has 2 saturated heterocycles. The van der Waals surface area contributed by atoms with Gasteiger partial charge in [-0.1, -0.05) is 60.6 Å². The average molecular weight is 709 g/mol. The Kier molecular flexibility index (Phi) is 17.7. The van der Waals surface area contributed by atoms with E-state index in [4.69, 9.17) is 14.6 Å². The van der Waals surface area contributed by atoms with Gasteiger partial charge in [0.15, 0.2) is 5.78 Å². The van der Waals surface area contributed by atoms with Crippen molar-refractivity contribution in [1.82, 2.24) is 0 Å². The van der Waals surface area contributed by atoms with Gasteiger partial charge >= 0.3 is 5.97 Å². The van der Waals surface area contributed by atoms with E-state index in [-0.39, 0.29) is 71.6 Å². The maximum absolute atomic E-state index is 12.8. The maximum atomic E-state index is 12.8. The second-order valence-electron chi connectivity index (χ2n) is 17.1. The van der Waals surface area contributed by atoms with Gasteiger partial charge in [-0.15, -0.1) is 0 Å². The number of ether oxygens (including phenoxy) is 2. The summed E-state index contributed by atoms with van der Waals surface area (Å²) in [5.74, 6) is -0.810. The van der Waals surface area contributed by atoms with E-state index >= 15 is 0 Å². The van der Waals surface area contributed by atoms with Crippen LogP contribution in [0.15, 0.2) is 24.0 Å². The minimum Gasteiger partial charge on any atom is -0.512 e. The zero-order chi connectivity index (χ0) is 38.0. The highest BCUT2D eigenvalue weighted by atomic mass is 16.6. The number of ketones is 1. The lowest BCUT2D eigenvalue weighted by molar-refractivity contribution is -0.172. The summed E-state index contributed by atoms with van der Waals surface area (Å²) in [6.45, 7) is 19.7. The number of carbonyl (C=O) groups is 2. The number of allylic oxidation sites excluding steroid dienone is 3. The van der Waals surface area contributed by atoms with E-state index in [1.807, 2.05) is 40.7 Å². The summed E-state index contributed by atoms with van der Waals surface area (Å²) in [5.41, 5.74) is -1.01. The molecule has 0 aromatic heterocycles. The van der Waals surface area contributed by atoms with Gasteiger partial charge in [0, 0.05) is 36.2 Å². The lowest BCUT2D eigenvalue weighted by atomic mass is 9.85. The quantitative estimate of drug-likeness (QED) is 0.0431. The topological polar surface area (TPSA) is 154 Å². The van der Waals surface area contributed by atoms with Crippen LogP contribution in [0.2, 0.25) is 0 Å². The van der Waals surface area contributed by atoms with Crippen molar-refractivity contribution in [3.63, 3.8) is 0 Å². The average Bonchev–Trinajstić information content (AvgIpc) is 3.63. The third kappa shape index (κ3) is 13.6. The third-order valence-electron chi connectivity index (χ3n) is 11.9. The smallest absolute Gasteiger partial charge is 0.303 e. The highest BCUT2D eigenvalue weighted by molar-refractivity contribution is 5.91. The van der Waals surface area contributed by atoms with Gasteiger partial charge in [-0.25, -0.2) is 0 Å². The molecule has 0 radical (unpaired) electrons. The Morgan fingerprint density at radius 2 is 1.46 bits per heavy atom. The Balaban J connectivity index is 1.77. The minimum absolute atomic E-state index is 0.0809. The first kappa shape index (κ1) is 44.4. The molecule has 2 aliphatic heterocycles. The number of aliphatic carboxylic acids is 1. The molecule has 0 spiro atoms. The van der Waals surface area contributed by atoms with Crippen LogP contribution in [0.3, 0.4) is 0 Å². The molecule has 9 nitrogen and oxygen atoms in total. The Morgan fingerprint density at radius 3 is 2.06 bits per heavy atom. The van der Waals surface area contributed by atoms with Crippen LogP contribution >= 0.6 is 0 Å². The number of carbonyl (C=O) groups excluding carboxylic acids is 1. The largest absolute Gasteiger partial charge is 0.512 e. The summed E-state index contributed by atoms with van der Waals surface area (Å²) in [5, 5.41) is 51.9. The van der Waals surface area contributed by atoms with Crippen LogP contribution in [0.5, 0.6) is 0 Å². The molecule has 0 aromatic carbocycles. The molecule has 2 rings (SSSR count). The molecule has 2 aliphatic rings. The Labute approximate surface area is 302 Å². The molecule has 2 fully saturated rings. The SMILES string of the molecule is CC(CCC(=O)O)CC(C)CC(C)C(=O)/C=C(/O)C(C)CC(C)C/C=C/C(C)C(O)[C@H](C)[C@@H](O)C[C@H]1CC[C@](C)(C2CC[C@](C)(C(C)O)O2)O1. The zero-order valence-electron chi connectivity index (χ0n) is 32.8. The maximum Gasteiger partial charge on any atom is 0.303 e. The zero-order valence-corrected chi connectivity index (χ0v) is 32.8. The van der Waals surface area contributed by atoms with Crippen molar-refractivity contribution < 1.29 is 44.6 Å². The van der Waals surface area contributed by atoms with Crippen molar-refractivity contribution in [2.75, 3.05) is 0 Å². The Hall–Kier alpha value is -1.78. The molecule has 9 unspecified atom stereocenters. The van der Waals surface area contributed by atoms with Crippen LogP contribution in [0.1, 0.15) is 140 Å². The van der Waals surface area contributed by atoms with E-state index in [9.17, 15) is 30.0 Å². The van der Waals surface area contributed by atoms with Gasteiger partial charge < -0.3 is 35.0 Å². The van der Waals surface area contributed by atoms with E-state index in [2.05, 4.69) is 33.8 Å². The summed E-state index contributed by atoms with van der Waals surface area (Å²) in [6.07, 6.45) is 10.8. The normalized spacial score (nSPS) is 30.7. The van der Waals surface area contributed by atoms with Crippen LogP contribution in [0, 0.1) is 41.4 Å². The molecule has 0 bridgehead atoms. The van der Waals surface area contributed by atoms with Gasteiger partial charge in [-0.3, -0.25) is 9.59 Å². The molecule has 0 aliphatic carbocycles. The van der Waals surface area contributed by atoms with Crippen LogP contribution in [-0.4, -0.2) is 79.0 Å². The number of aliphatic hydroxyl groups is 4. The molecule has 0 amide bonds. The molecule has 290 valence electrons. The van der Waals surface area contributed by atoms with Crippen molar-refractivity contribution in [3.8, 4) is 0 Å². The molecular formula is C41H72O9. The van der Waals surface area contributed by atoms with E-state index in [0.29, 0.717) is 25.7 Å². The monoisotopic (exact) mass is 709 g/mol. The fourth-order valence-electron chi connectivity index (χ4n) is 8.02. The lowest BCUT2D eigenvalue weighted by Gasteiger charge is -2.35. The fourth-order valence-corrected chi connectivity index (χ4v) is 8.02. The molecule has 14 atom stereocenters. The van der Waals surface area contributed by atoms with Crippen molar-refractivity contribution in [2.24, 2.45) is 41.4 Å². The van der Waals surface area contributed by atoms with Gasteiger partial charge in [0.1, 0.15) is 0 Å². The standard InChI is InChI=1S/C41H72O9/c1-25(21-29(5)34(43)24-35(44)30(6)22-27(3)20-26(2)14-15-38(46)47)12-11-13-28(4)39(48)31(7)36(45)23-33-16-18-41(10,49-33)37-17-19-40(9,50-37)32(8)42/h11,13,24-33,36-37,39,42-43,45,48H,12,14-23H2,1-10H3,(H,46,47)/b13-11+,34-24+/t25?,26?,27?,28?,29?,30?,31-,32?,33-,36+,37?,39?,40-,41-/m1/s1. The van der Waals surface area contributed by atoms with Gasteiger partial charge in [0.05, 0.1) is 47.5 Å². The molecule has 0 aromatic rings. The second kappa shape index (κ2) is 19.9. The van der Waals surface area contributed by atoms with Crippen LogP contribution < -0.4 is 0 Å². The fraction of sp³-hybridized carbons (Fsp3) is 0.854. The van der Waals surface area contributed by atoms with Crippen molar-refractivity contribution in [1.29, 1.82) is 0 Å². The van der Waals surface area contributed by atoms with E-state index in [1.165, 1.54) is 6.08 Å². The van der Waals surface area contributed by atoms with Gasteiger partial charge in [-0.2, -0.15) is 0 Å². The van der Waals surface area contributed by atoms with Crippen LogP contribution in [0.25, 0.3) is 0 Å². The molecule has 0 saturated carbocycles. The number of aliphatic hydroxyl groups excluding tert-OH is 4. The van der Waals surface area contributed by atoms with E-state index < -0.39 is 35.5 Å². The number of hydrogen-bond acceptors (Lipinski definition) is 8. The van der Waals surface area contributed by atoms with Crippen molar-refractivity contribution >= 4 is 11.8 Å². The molecule has 2 heterocycles. The highest BCUT2D eigenvalue weighted by Crippen LogP contribution is 2.45. The first-order valence-electron chi connectivity index (χ1n) is 19.4. The number of rotatable bonds is 22. The third-order valence-corrected chi connectivity index (χ3v) is 11.9. The summed E-state index contributed by atoms with van der Waals surface area (Å²) in [7, 11) is 0. The Morgan fingerprint density at radius 1 is 0.820 bits per heavy atom. The number of hydrogen-bond donors (Lipinski definition) is 5. The summed E-state index contributed by atoms with van der Waals surface area (Å²) < 4.78 is 12.7. The summed E-state index contributed by atoms with van der Waals surface area (Å²) in [4.78, 5) is 23.7. The number of carboxylic acids is 1. The van der Waals surface area contributed by atoms with E-state index in [1.54, 1.807) is 6.92 Å². The lowest BCUT2D eigenvalue weighted by Crippen LogP contribution is -2.44. The molecule has 50 heavy (non-hydrogen) atoms. The molecule has 5 N–H and O–H groups in total. The van der Waals surface area contributed by atoms with Crippen LogP contribution in [-0.2, 0) is 19.1 Å². The second-order valence-corrected chi connectivity index (χ2v) is 17.1. The molecular weight excluding hydrogens is 636 g/mol. The first-order chi connectivity index (χ1) is 23.2. The highest BCUT2D eigenvalue weighted by Gasteiger charge is 2.51. The summed E-state index contributed by atoms with van der Waals surface area (Å²) >= 11 is 0. The molecule has 9 heteroatoms. The first-order valence-corrected chi connectivity index (χ1v) is 19.4. The van der Waals surface area contributed by atoms with Gasteiger partial charge in [0.25, 0.3) is 0 Å². The van der Waals surface area contributed by atoms with Gasteiger partial charge in [0.2, 0.25) is 0 Å². The van der Waals surface area contributed by atoms with Crippen LogP contribution in [0.4, 0.5) is 0 Å². The van der Waals surface area contributed by atoms with E-state index in [0.717, 1.165) is 38.5 Å².